The van der Waals surface area contributed by atoms with Crippen LogP contribution in [-0.2, 0) is 17.8 Å². The molecule has 2 heterocycles. The summed E-state index contributed by atoms with van der Waals surface area (Å²) in [7, 11) is 0. The molecule has 5 rings (SSSR count). The Morgan fingerprint density at radius 1 is 0.879 bits per heavy atom. The molecule has 0 spiro atoms. The van der Waals surface area contributed by atoms with Crippen molar-refractivity contribution in [2.75, 3.05) is 39.3 Å². The number of piperazine rings is 1. The van der Waals surface area contributed by atoms with E-state index in [-0.39, 0.29) is 5.91 Å². The molecule has 1 saturated carbocycles. The van der Waals surface area contributed by atoms with Crippen molar-refractivity contribution in [1.82, 2.24) is 14.7 Å². The lowest BCUT2D eigenvalue weighted by molar-refractivity contribution is -0.134. The average Bonchev–Trinajstić information content (AvgIpc) is 2.86. The van der Waals surface area contributed by atoms with Gasteiger partial charge < -0.3 is 4.90 Å². The predicted octanol–water partition coefficient (Wildman–Crippen LogP) is 4.47. The van der Waals surface area contributed by atoms with Crippen LogP contribution in [-0.4, -0.2) is 65.9 Å². The van der Waals surface area contributed by atoms with Gasteiger partial charge in [-0.05, 0) is 54.2 Å². The molecule has 33 heavy (non-hydrogen) atoms. The molecule has 1 saturated heterocycles. The first-order valence-electron chi connectivity index (χ1n) is 12.4. The van der Waals surface area contributed by atoms with Gasteiger partial charge in [0.25, 0.3) is 0 Å². The van der Waals surface area contributed by atoms with Gasteiger partial charge in [0.15, 0.2) is 0 Å². The molecule has 1 amide bonds. The van der Waals surface area contributed by atoms with E-state index in [1.54, 1.807) is 0 Å². The van der Waals surface area contributed by atoms with Gasteiger partial charge in [0.1, 0.15) is 11.6 Å². The molecule has 0 radical (unpaired) electrons. The van der Waals surface area contributed by atoms with E-state index >= 15 is 0 Å². The Hall–Kier alpha value is -2.31. The molecular formula is C27H33F2N3O. The summed E-state index contributed by atoms with van der Waals surface area (Å²) in [5, 5.41) is 0. The van der Waals surface area contributed by atoms with Crippen molar-refractivity contribution >= 4 is 5.91 Å². The normalized spacial score (nSPS) is 20.6. The highest BCUT2D eigenvalue weighted by atomic mass is 19.1. The number of carbonyl (C=O) groups excluding carboxylic acids is 1. The number of hydrogen-bond acceptors (Lipinski definition) is 3. The number of rotatable bonds is 4. The molecule has 3 aliphatic rings. The summed E-state index contributed by atoms with van der Waals surface area (Å²) in [4.78, 5) is 19.8. The first kappa shape index (κ1) is 22.5. The van der Waals surface area contributed by atoms with Gasteiger partial charge in [-0.15, -0.1) is 0 Å². The Kier molecular flexibility index (Phi) is 6.74. The smallest absolute Gasteiger partial charge is 0.236 e. The molecule has 0 N–H and O–H groups in total. The lowest BCUT2D eigenvalue weighted by Crippen LogP contribution is -2.54. The van der Waals surface area contributed by atoms with Crippen molar-refractivity contribution in [1.29, 1.82) is 0 Å². The molecular weight excluding hydrogens is 420 g/mol. The van der Waals surface area contributed by atoms with Crippen LogP contribution in [0.2, 0.25) is 0 Å². The Balaban J connectivity index is 1.16. The van der Waals surface area contributed by atoms with Crippen LogP contribution in [0.3, 0.4) is 0 Å². The quantitative estimate of drug-likeness (QED) is 0.684. The summed E-state index contributed by atoms with van der Waals surface area (Å²) >= 11 is 0. The summed E-state index contributed by atoms with van der Waals surface area (Å²) in [5.41, 5.74) is 3.31. The molecule has 4 nitrogen and oxygen atoms in total. The fourth-order valence-electron chi connectivity index (χ4n) is 5.71. The van der Waals surface area contributed by atoms with Gasteiger partial charge in [0, 0.05) is 50.9 Å². The molecule has 0 unspecified atom stereocenters. The number of amides is 1. The number of benzene rings is 2. The van der Waals surface area contributed by atoms with Crippen LogP contribution in [0.25, 0.3) is 11.1 Å². The molecule has 2 aromatic rings. The van der Waals surface area contributed by atoms with Crippen LogP contribution in [0.15, 0.2) is 36.4 Å². The van der Waals surface area contributed by atoms with Gasteiger partial charge >= 0.3 is 0 Å². The van der Waals surface area contributed by atoms with Crippen molar-refractivity contribution in [2.24, 2.45) is 0 Å². The maximum Gasteiger partial charge on any atom is 0.236 e. The van der Waals surface area contributed by atoms with Crippen LogP contribution in [0, 0.1) is 11.6 Å². The third-order valence-electron chi connectivity index (χ3n) is 7.65. The standard InChI is InChI=1S/C27H33F2N3O/c28-23-8-9-26(29)25(17-23)21-6-7-22-18-30(11-10-20(22)16-21)19-27(33)32-14-12-31(13-15-32)24-4-2-1-3-5-24/h6-9,16-17,24H,1-5,10-15,18-19H2. The monoisotopic (exact) mass is 453 g/mol. The minimum Gasteiger partial charge on any atom is -0.339 e. The first-order valence-corrected chi connectivity index (χ1v) is 12.4. The van der Waals surface area contributed by atoms with Gasteiger partial charge in [-0.3, -0.25) is 14.6 Å². The van der Waals surface area contributed by atoms with Crippen molar-refractivity contribution in [3.05, 3.63) is 59.2 Å². The van der Waals surface area contributed by atoms with Crippen LogP contribution in [0.4, 0.5) is 8.78 Å². The minimum absolute atomic E-state index is 0.222. The minimum atomic E-state index is -0.437. The van der Waals surface area contributed by atoms with Crippen LogP contribution in [0.5, 0.6) is 0 Å². The molecule has 176 valence electrons. The van der Waals surface area contributed by atoms with E-state index in [0.29, 0.717) is 17.7 Å². The molecule has 0 aromatic heterocycles. The second-order valence-corrected chi connectivity index (χ2v) is 9.78. The predicted molar refractivity (Wildman–Crippen MR) is 126 cm³/mol. The maximum atomic E-state index is 14.2. The molecule has 2 fully saturated rings. The lowest BCUT2D eigenvalue weighted by atomic mass is 9.94. The highest BCUT2D eigenvalue weighted by Crippen LogP contribution is 2.29. The van der Waals surface area contributed by atoms with Crippen LogP contribution < -0.4 is 0 Å². The summed E-state index contributed by atoms with van der Waals surface area (Å²) in [6, 6.07) is 10.1. The highest BCUT2D eigenvalue weighted by Gasteiger charge is 2.28. The Bertz CT molecular complexity index is 997. The van der Waals surface area contributed by atoms with Gasteiger partial charge in [-0.25, -0.2) is 8.78 Å². The molecule has 2 aromatic carbocycles. The largest absolute Gasteiger partial charge is 0.339 e. The van der Waals surface area contributed by atoms with Crippen molar-refractivity contribution in [2.45, 2.75) is 51.1 Å². The number of carbonyl (C=O) groups is 1. The summed E-state index contributed by atoms with van der Waals surface area (Å²) in [5.74, 6) is -0.628. The second-order valence-electron chi connectivity index (χ2n) is 9.78. The molecule has 0 atom stereocenters. The van der Waals surface area contributed by atoms with Gasteiger partial charge in [0.05, 0.1) is 6.54 Å². The van der Waals surface area contributed by atoms with E-state index < -0.39 is 11.6 Å². The van der Waals surface area contributed by atoms with E-state index in [0.717, 1.165) is 68.9 Å². The number of fused-ring (bicyclic) bond motifs is 1. The van der Waals surface area contributed by atoms with Gasteiger partial charge in [-0.1, -0.05) is 37.5 Å². The lowest BCUT2D eigenvalue weighted by Gasteiger charge is -2.41. The van der Waals surface area contributed by atoms with Gasteiger partial charge in [0.2, 0.25) is 5.91 Å². The summed E-state index contributed by atoms with van der Waals surface area (Å²) in [6.45, 7) is 5.63. The Morgan fingerprint density at radius 3 is 2.45 bits per heavy atom. The Labute approximate surface area is 195 Å². The van der Waals surface area contributed by atoms with E-state index in [1.807, 2.05) is 23.1 Å². The first-order chi connectivity index (χ1) is 16.1. The SMILES string of the molecule is O=C(CN1CCc2cc(-c3cc(F)ccc3F)ccc2C1)N1CCN(C2CCCCC2)CC1. The van der Waals surface area contributed by atoms with Crippen molar-refractivity contribution in [3.8, 4) is 11.1 Å². The fraction of sp³-hybridized carbons (Fsp3) is 0.519. The van der Waals surface area contributed by atoms with Gasteiger partial charge in [-0.2, -0.15) is 0 Å². The zero-order chi connectivity index (χ0) is 22.8. The van der Waals surface area contributed by atoms with Crippen LogP contribution >= 0.6 is 0 Å². The third kappa shape index (κ3) is 5.12. The van der Waals surface area contributed by atoms with Crippen molar-refractivity contribution in [3.63, 3.8) is 0 Å². The highest BCUT2D eigenvalue weighted by molar-refractivity contribution is 5.78. The topological polar surface area (TPSA) is 26.8 Å². The third-order valence-corrected chi connectivity index (χ3v) is 7.65. The zero-order valence-corrected chi connectivity index (χ0v) is 19.2. The van der Waals surface area contributed by atoms with E-state index in [2.05, 4.69) is 9.80 Å². The molecule has 6 heteroatoms. The average molecular weight is 454 g/mol. The molecule has 1 aliphatic carbocycles. The maximum absolute atomic E-state index is 14.2. The zero-order valence-electron chi connectivity index (χ0n) is 19.2. The van der Waals surface area contributed by atoms with Crippen molar-refractivity contribution < 1.29 is 13.6 Å². The molecule has 0 bridgehead atoms. The number of halogens is 2. The number of nitrogens with zero attached hydrogens (tertiary/aromatic N) is 3. The fourth-order valence-corrected chi connectivity index (χ4v) is 5.71. The number of hydrogen-bond donors (Lipinski definition) is 0. The van der Waals surface area contributed by atoms with E-state index in [4.69, 9.17) is 0 Å². The van der Waals surface area contributed by atoms with E-state index in [9.17, 15) is 13.6 Å². The Morgan fingerprint density at radius 2 is 1.67 bits per heavy atom. The molecule has 2 aliphatic heterocycles. The second kappa shape index (κ2) is 9.90. The summed E-state index contributed by atoms with van der Waals surface area (Å²) < 4.78 is 27.8. The van der Waals surface area contributed by atoms with E-state index in [1.165, 1.54) is 44.2 Å². The van der Waals surface area contributed by atoms with Crippen LogP contribution in [0.1, 0.15) is 43.2 Å². The summed E-state index contributed by atoms with van der Waals surface area (Å²) in [6.07, 6.45) is 7.50.